The van der Waals surface area contributed by atoms with Crippen LogP contribution in [0.4, 0.5) is 0 Å². The Balaban J connectivity index is 2.55. The molecule has 6 heteroatoms. The Morgan fingerprint density at radius 2 is 2.11 bits per heavy atom. The molecule has 0 aliphatic carbocycles. The minimum atomic E-state index is -1.39. The van der Waals surface area contributed by atoms with E-state index in [0.29, 0.717) is 12.2 Å². The molecule has 1 rings (SSSR count). The van der Waals surface area contributed by atoms with Gasteiger partial charge in [-0.25, -0.2) is 4.79 Å². The van der Waals surface area contributed by atoms with Crippen LogP contribution in [0.25, 0.3) is 0 Å². The number of carboxylic acids is 1. The third-order valence-corrected chi connectivity index (χ3v) is 3.46. The minimum absolute atomic E-state index is 0.141. The first-order valence-electron chi connectivity index (χ1n) is 5.85. The summed E-state index contributed by atoms with van der Waals surface area (Å²) >= 11 is 0. The molecular weight excluding hydrogens is 268 g/mol. The first-order chi connectivity index (χ1) is 9.02. The molecule has 0 aliphatic heterocycles. The molecule has 0 fully saturated rings. The van der Waals surface area contributed by atoms with Gasteiger partial charge in [-0.3, -0.25) is 9.00 Å². The largest absolute Gasteiger partial charge is 0.478 e. The predicted octanol–water partition coefficient (Wildman–Crippen LogP) is 1.59. The maximum absolute atomic E-state index is 11.7. The Morgan fingerprint density at radius 3 is 2.74 bits per heavy atom. The van der Waals surface area contributed by atoms with Crippen molar-refractivity contribution in [3.63, 3.8) is 0 Å². The number of benzene rings is 1. The van der Waals surface area contributed by atoms with E-state index in [9.17, 15) is 13.8 Å². The lowest BCUT2D eigenvalue weighted by Crippen LogP contribution is -2.15. The first-order valence-corrected chi connectivity index (χ1v) is 7.34. The summed E-state index contributed by atoms with van der Waals surface area (Å²) in [5.41, 5.74) is 0.768. The van der Waals surface area contributed by atoms with E-state index in [1.807, 2.05) is 6.92 Å². The van der Waals surface area contributed by atoms with Crippen LogP contribution < -0.4 is 0 Å². The zero-order valence-electron chi connectivity index (χ0n) is 10.6. The molecule has 1 aromatic rings. The molecule has 0 saturated carbocycles. The summed E-state index contributed by atoms with van der Waals surface area (Å²) in [5.74, 6) is -1.55. The number of hydrogen-bond acceptors (Lipinski definition) is 4. The Kier molecular flexibility index (Phi) is 6.21. The molecule has 1 N–H and O–H groups in total. The number of carbonyl (C=O) groups excluding carboxylic acids is 1. The highest BCUT2D eigenvalue weighted by Gasteiger charge is 2.11. The monoisotopic (exact) mass is 284 g/mol. The number of carbonyl (C=O) groups is 2. The summed E-state index contributed by atoms with van der Waals surface area (Å²) in [4.78, 5) is 22.1. The van der Waals surface area contributed by atoms with E-state index in [-0.39, 0.29) is 17.1 Å². The van der Waals surface area contributed by atoms with Gasteiger partial charge in [-0.1, -0.05) is 19.1 Å². The van der Waals surface area contributed by atoms with Crippen LogP contribution in [0, 0.1) is 0 Å². The van der Waals surface area contributed by atoms with Gasteiger partial charge >= 0.3 is 11.9 Å². The Hall–Kier alpha value is -1.69. The smallest absolute Gasteiger partial charge is 0.335 e. The van der Waals surface area contributed by atoms with Crippen molar-refractivity contribution in [3.8, 4) is 0 Å². The van der Waals surface area contributed by atoms with Gasteiger partial charge in [0.1, 0.15) is 5.75 Å². The van der Waals surface area contributed by atoms with Crippen LogP contribution in [0.3, 0.4) is 0 Å². The summed E-state index contributed by atoms with van der Waals surface area (Å²) in [5, 5.41) is 8.84. The highest BCUT2D eigenvalue weighted by atomic mass is 32.2. The molecule has 0 saturated heterocycles. The number of hydrogen-bond donors (Lipinski definition) is 1. The summed E-state index contributed by atoms with van der Waals surface area (Å²) in [6.45, 7) is 2.20. The number of ether oxygens (including phenoxy) is 1. The first kappa shape index (κ1) is 15.4. The molecule has 0 bridgehead atoms. The Morgan fingerprint density at radius 1 is 1.37 bits per heavy atom. The van der Waals surface area contributed by atoms with Crippen molar-refractivity contribution in [2.45, 2.75) is 19.1 Å². The molecule has 0 spiro atoms. The molecule has 0 aliphatic rings. The third-order valence-electron chi connectivity index (χ3n) is 2.25. The van der Waals surface area contributed by atoms with Gasteiger partial charge in [-0.15, -0.1) is 0 Å². The Bertz CT molecular complexity index is 484. The fourth-order valence-corrected chi connectivity index (χ4v) is 2.42. The van der Waals surface area contributed by atoms with Crippen molar-refractivity contribution >= 4 is 22.7 Å². The average molecular weight is 284 g/mol. The van der Waals surface area contributed by atoms with Gasteiger partial charge in [0.05, 0.1) is 12.2 Å². The van der Waals surface area contributed by atoms with Gasteiger partial charge in [0, 0.05) is 16.6 Å². The zero-order chi connectivity index (χ0) is 14.3. The lowest BCUT2D eigenvalue weighted by atomic mass is 10.1. The van der Waals surface area contributed by atoms with E-state index in [1.165, 1.54) is 12.1 Å². The van der Waals surface area contributed by atoms with E-state index in [0.717, 1.165) is 6.42 Å². The molecule has 19 heavy (non-hydrogen) atoms. The number of esters is 1. The highest BCUT2D eigenvalue weighted by molar-refractivity contribution is 7.84. The molecule has 0 heterocycles. The van der Waals surface area contributed by atoms with E-state index in [1.54, 1.807) is 12.1 Å². The molecule has 1 unspecified atom stereocenters. The van der Waals surface area contributed by atoms with Crippen LogP contribution in [-0.4, -0.2) is 33.6 Å². The van der Waals surface area contributed by atoms with Crippen LogP contribution in [-0.2, 0) is 26.1 Å². The normalized spacial score (nSPS) is 11.8. The van der Waals surface area contributed by atoms with Crippen LogP contribution in [0.15, 0.2) is 24.3 Å². The van der Waals surface area contributed by atoms with E-state index in [4.69, 9.17) is 9.84 Å². The molecular formula is C13H16O5S. The maximum Gasteiger partial charge on any atom is 0.335 e. The maximum atomic E-state index is 11.7. The van der Waals surface area contributed by atoms with Gasteiger partial charge in [0.2, 0.25) is 0 Å². The average Bonchev–Trinajstić information content (AvgIpc) is 2.36. The lowest BCUT2D eigenvalue weighted by molar-refractivity contribution is -0.140. The van der Waals surface area contributed by atoms with Crippen molar-refractivity contribution < 1.29 is 23.6 Å². The van der Waals surface area contributed by atoms with E-state index >= 15 is 0 Å². The second-order valence-electron chi connectivity index (χ2n) is 3.95. The molecule has 0 amide bonds. The summed E-state index contributed by atoms with van der Waals surface area (Å²) in [6, 6.07) is 6.19. The fraction of sp³-hybridized carbons (Fsp3) is 0.385. The topological polar surface area (TPSA) is 80.7 Å². The molecule has 1 atom stereocenters. The quantitative estimate of drug-likeness (QED) is 0.769. The summed E-state index contributed by atoms with van der Waals surface area (Å²) in [7, 11) is -1.39. The molecule has 1 aromatic carbocycles. The van der Waals surface area contributed by atoms with Gasteiger partial charge in [-0.05, 0) is 24.1 Å². The van der Waals surface area contributed by atoms with Crippen molar-refractivity contribution in [2.24, 2.45) is 0 Å². The second-order valence-corrected chi connectivity index (χ2v) is 5.41. The standard InChI is InChI=1S/C13H16O5S/c1-2-6-18-12(14)9-19(17)8-10-4-3-5-11(7-10)13(15)16/h3-5,7H,2,6,8-9H2,1H3,(H,15,16). The van der Waals surface area contributed by atoms with Crippen LogP contribution in [0.2, 0.25) is 0 Å². The predicted molar refractivity (Wildman–Crippen MR) is 71.4 cm³/mol. The summed E-state index contributed by atoms with van der Waals surface area (Å²) in [6.07, 6.45) is 0.721. The van der Waals surface area contributed by atoms with Crippen molar-refractivity contribution in [3.05, 3.63) is 35.4 Å². The fourth-order valence-electron chi connectivity index (χ4n) is 1.42. The van der Waals surface area contributed by atoms with Crippen molar-refractivity contribution in [1.29, 1.82) is 0 Å². The number of aromatic carboxylic acids is 1. The molecule has 104 valence electrons. The molecule has 0 aromatic heterocycles. The highest BCUT2D eigenvalue weighted by Crippen LogP contribution is 2.08. The number of carboxylic acid groups (broad SMARTS) is 1. The zero-order valence-corrected chi connectivity index (χ0v) is 11.4. The van der Waals surface area contributed by atoms with E-state index < -0.39 is 22.7 Å². The minimum Gasteiger partial charge on any atom is -0.478 e. The van der Waals surface area contributed by atoms with Crippen molar-refractivity contribution in [2.75, 3.05) is 12.4 Å². The van der Waals surface area contributed by atoms with Crippen molar-refractivity contribution in [1.82, 2.24) is 0 Å². The Labute approximate surface area is 114 Å². The van der Waals surface area contributed by atoms with Gasteiger partial charge in [-0.2, -0.15) is 0 Å². The van der Waals surface area contributed by atoms with E-state index in [2.05, 4.69) is 0 Å². The van der Waals surface area contributed by atoms with Gasteiger partial charge < -0.3 is 9.84 Å². The third kappa shape index (κ3) is 5.65. The summed E-state index contributed by atoms with van der Waals surface area (Å²) < 4.78 is 16.6. The number of rotatable bonds is 7. The van der Waals surface area contributed by atoms with Gasteiger partial charge in [0.25, 0.3) is 0 Å². The van der Waals surface area contributed by atoms with Crippen LogP contribution >= 0.6 is 0 Å². The van der Waals surface area contributed by atoms with Crippen LogP contribution in [0.5, 0.6) is 0 Å². The molecule has 0 radical (unpaired) electrons. The van der Waals surface area contributed by atoms with Crippen LogP contribution in [0.1, 0.15) is 29.3 Å². The second kappa shape index (κ2) is 7.68. The van der Waals surface area contributed by atoms with Gasteiger partial charge in [0.15, 0.2) is 0 Å². The molecule has 5 nitrogen and oxygen atoms in total. The lowest BCUT2D eigenvalue weighted by Gasteiger charge is -2.04. The SMILES string of the molecule is CCCOC(=O)CS(=O)Cc1cccc(C(=O)O)c1.